The molecular formula is C28H18N4. The normalized spacial score (nSPS) is 8.50. The molecule has 4 aromatic carbocycles. The summed E-state index contributed by atoms with van der Waals surface area (Å²) in [5, 5.41) is 33.8. The monoisotopic (exact) mass is 410 g/mol. The first-order valence-corrected chi connectivity index (χ1v) is 9.62. The third kappa shape index (κ3) is 7.02. The number of benzene rings is 4. The molecule has 0 saturated carbocycles. The highest BCUT2D eigenvalue weighted by Crippen LogP contribution is 2.17. The SMILES string of the molecule is N#Cc1ccccc1C#N.N#Cc1ccccc1C#N.c1ccc(-c2ccccc2)cc1. The van der Waals surface area contributed by atoms with Gasteiger partial charge in [0.15, 0.2) is 0 Å². The Morgan fingerprint density at radius 3 is 0.750 bits per heavy atom. The van der Waals surface area contributed by atoms with Crippen LogP contribution in [0.5, 0.6) is 0 Å². The summed E-state index contributed by atoms with van der Waals surface area (Å²) in [5.74, 6) is 0. The number of rotatable bonds is 1. The van der Waals surface area contributed by atoms with Crippen molar-refractivity contribution in [2.75, 3.05) is 0 Å². The van der Waals surface area contributed by atoms with Gasteiger partial charge in [0.25, 0.3) is 0 Å². The highest BCUT2D eigenvalue weighted by Gasteiger charge is 1.96. The van der Waals surface area contributed by atoms with Crippen molar-refractivity contribution in [2.45, 2.75) is 0 Å². The zero-order valence-electron chi connectivity index (χ0n) is 17.2. The van der Waals surface area contributed by atoms with E-state index in [9.17, 15) is 0 Å². The van der Waals surface area contributed by atoms with Crippen LogP contribution in [0, 0.1) is 45.3 Å². The van der Waals surface area contributed by atoms with Crippen LogP contribution in [0.4, 0.5) is 0 Å². The van der Waals surface area contributed by atoms with Crippen molar-refractivity contribution in [3.05, 3.63) is 131 Å². The van der Waals surface area contributed by atoms with Gasteiger partial charge in [-0.1, -0.05) is 84.9 Å². The van der Waals surface area contributed by atoms with E-state index in [-0.39, 0.29) is 0 Å². The third-order valence-corrected chi connectivity index (χ3v) is 4.22. The van der Waals surface area contributed by atoms with Crippen LogP contribution in [-0.4, -0.2) is 0 Å². The second kappa shape index (κ2) is 13.1. The molecule has 0 unspecified atom stereocenters. The lowest BCUT2D eigenvalue weighted by Gasteiger charge is -1.98. The smallest absolute Gasteiger partial charge is 0.101 e. The van der Waals surface area contributed by atoms with Crippen LogP contribution in [0.3, 0.4) is 0 Å². The minimum atomic E-state index is 0.435. The molecule has 4 heteroatoms. The summed E-state index contributed by atoms with van der Waals surface area (Å²) in [5.41, 5.74) is 4.29. The maximum Gasteiger partial charge on any atom is 0.101 e. The molecule has 0 aliphatic rings. The fourth-order valence-electron chi connectivity index (χ4n) is 2.62. The van der Waals surface area contributed by atoms with Crippen molar-refractivity contribution >= 4 is 0 Å². The lowest BCUT2D eigenvalue weighted by Crippen LogP contribution is -1.79. The lowest BCUT2D eigenvalue weighted by atomic mass is 10.1. The van der Waals surface area contributed by atoms with E-state index in [1.54, 1.807) is 48.5 Å². The topological polar surface area (TPSA) is 95.2 Å². The summed E-state index contributed by atoms with van der Waals surface area (Å²) in [6.45, 7) is 0. The Hall–Kier alpha value is -5.16. The van der Waals surface area contributed by atoms with Gasteiger partial charge in [0, 0.05) is 0 Å². The fraction of sp³-hybridized carbons (Fsp3) is 0. The molecule has 0 N–H and O–H groups in total. The quantitative estimate of drug-likeness (QED) is 0.372. The van der Waals surface area contributed by atoms with E-state index in [1.165, 1.54) is 11.1 Å². The van der Waals surface area contributed by atoms with E-state index in [0.29, 0.717) is 22.3 Å². The molecule has 32 heavy (non-hydrogen) atoms. The Balaban J connectivity index is 0.000000171. The number of nitriles is 4. The van der Waals surface area contributed by atoms with Gasteiger partial charge in [-0.15, -0.1) is 0 Å². The Morgan fingerprint density at radius 1 is 0.312 bits per heavy atom. The van der Waals surface area contributed by atoms with Crippen LogP contribution < -0.4 is 0 Å². The first-order chi connectivity index (χ1) is 15.7. The summed E-state index contributed by atoms with van der Waals surface area (Å²) in [6.07, 6.45) is 0. The lowest BCUT2D eigenvalue weighted by molar-refractivity contribution is 1.43. The summed E-state index contributed by atoms with van der Waals surface area (Å²) in [6, 6.07) is 41.9. The van der Waals surface area contributed by atoms with E-state index < -0.39 is 0 Å². The largest absolute Gasteiger partial charge is 0.192 e. The first-order valence-electron chi connectivity index (χ1n) is 9.62. The summed E-state index contributed by atoms with van der Waals surface area (Å²) in [4.78, 5) is 0. The van der Waals surface area contributed by atoms with Crippen LogP contribution in [0.1, 0.15) is 22.3 Å². The maximum absolute atomic E-state index is 8.45. The molecule has 0 radical (unpaired) electrons. The minimum absolute atomic E-state index is 0.435. The molecule has 0 bridgehead atoms. The van der Waals surface area contributed by atoms with Crippen molar-refractivity contribution in [1.29, 1.82) is 21.0 Å². The van der Waals surface area contributed by atoms with Gasteiger partial charge in [-0.2, -0.15) is 21.0 Å². The van der Waals surface area contributed by atoms with Gasteiger partial charge in [0.05, 0.1) is 22.3 Å². The minimum Gasteiger partial charge on any atom is -0.192 e. The van der Waals surface area contributed by atoms with E-state index >= 15 is 0 Å². The van der Waals surface area contributed by atoms with Crippen LogP contribution in [0.15, 0.2) is 109 Å². The van der Waals surface area contributed by atoms with Gasteiger partial charge in [-0.3, -0.25) is 0 Å². The molecule has 0 amide bonds. The molecular weight excluding hydrogens is 392 g/mol. The molecule has 0 aliphatic heterocycles. The number of hydrogen-bond acceptors (Lipinski definition) is 4. The van der Waals surface area contributed by atoms with Crippen molar-refractivity contribution in [2.24, 2.45) is 0 Å². The molecule has 0 spiro atoms. The van der Waals surface area contributed by atoms with Crippen LogP contribution in [-0.2, 0) is 0 Å². The summed E-state index contributed by atoms with van der Waals surface area (Å²) < 4.78 is 0. The van der Waals surface area contributed by atoms with E-state index in [0.717, 1.165) is 0 Å². The zero-order valence-corrected chi connectivity index (χ0v) is 17.2. The van der Waals surface area contributed by atoms with Crippen molar-refractivity contribution in [3.8, 4) is 35.4 Å². The average molecular weight is 410 g/mol. The Morgan fingerprint density at radius 2 is 0.531 bits per heavy atom. The van der Waals surface area contributed by atoms with Crippen LogP contribution in [0.25, 0.3) is 11.1 Å². The highest BCUT2D eigenvalue weighted by atomic mass is 14.3. The third-order valence-electron chi connectivity index (χ3n) is 4.22. The van der Waals surface area contributed by atoms with Gasteiger partial charge in [-0.05, 0) is 35.4 Å². The molecule has 0 atom stereocenters. The number of hydrogen-bond donors (Lipinski definition) is 0. The van der Waals surface area contributed by atoms with Gasteiger partial charge in [-0.25, -0.2) is 0 Å². The van der Waals surface area contributed by atoms with Gasteiger partial charge in [0.1, 0.15) is 24.3 Å². The summed E-state index contributed by atoms with van der Waals surface area (Å²) >= 11 is 0. The number of nitrogens with zero attached hydrogens (tertiary/aromatic N) is 4. The molecule has 0 fully saturated rings. The second-order valence-electron chi connectivity index (χ2n) is 6.27. The van der Waals surface area contributed by atoms with E-state index in [1.807, 2.05) is 36.4 Å². The molecule has 4 nitrogen and oxygen atoms in total. The Labute approximate surface area is 188 Å². The standard InChI is InChI=1S/C12H10.2C8H4N2/c1-3-7-11(8-4-1)12-9-5-2-6-10-12;2*9-5-7-3-1-2-4-8(7)6-10/h1-10H;2*1-4H. The molecule has 0 saturated heterocycles. The fourth-order valence-corrected chi connectivity index (χ4v) is 2.62. The molecule has 4 aromatic rings. The van der Waals surface area contributed by atoms with E-state index in [2.05, 4.69) is 48.5 Å². The van der Waals surface area contributed by atoms with Gasteiger partial charge in [0.2, 0.25) is 0 Å². The van der Waals surface area contributed by atoms with Gasteiger partial charge >= 0.3 is 0 Å². The molecule has 0 heterocycles. The van der Waals surface area contributed by atoms with Crippen molar-refractivity contribution in [3.63, 3.8) is 0 Å². The average Bonchev–Trinajstić information content (AvgIpc) is 2.90. The molecule has 0 aromatic heterocycles. The van der Waals surface area contributed by atoms with Crippen molar-refractivity contribution in [1.82, 2.24) is 0 Å². The Bertz CT molecular complexity index is 1130. The molecule has 4 rings (SSSR count). The van der Waals surface area contributed by atoms with Crippen LogP contribution in [0.2, 0.25) is 0 Å². The van der Waals surface area contributed by atoms with E-state index in [4.69, 9.17) is 21.0 Å². The van der Waals surface area contributed by atoms with Gasteiger partial charge < -0.3 is 0 Å². The van der Waals surface area contributed by atoms with Crippen molar-refractivity contribution < 1.29 is 0 Å². The predicted octanol–water partition coefficient (Wildman–Crippen LogP) is 6.21. The first kappa shape index (κ1) is 23.1. The highest BCUT2D eigenvalue weighted by molar-refractivity contribution is 5.62. The zero-order chi connectivity index (χ0) is 23.0. The second-order valence-corrected chi connectivity index (χ2v) is 6.27. The summed E-state index contributed by atoms with van der Waals surface area (Å²) in [7, 11) is 0. The predicted molar refractivity (Wildman–Crippen MR) is 124 cm³/mol. The van der Waals surface area contributed by atoms with Crippen LogP contribution >= 0.6 is 0 Å². The molecule has 0 aliphatic carbocycles. The molecule has 150 valence electrons. The Kier molecular flexibility index (Phi) is 9.49. The maximum atomic E-state index is 8.45.